The molecule has 0 unspecified atom stereocenters. The Balaban J connectivity index is 1.57. The van der Waals surface area contributed by atoms with E-state index in [1.54, 1.807) is 18.3 Å². The number of nitrogens with zero attached hydrogens (tertiary/aromatic N) is 1. The molecule has 1 fully saturated rings. The van der Waals surface area contributed by atoms with Crippen LogP contribution in [-0.2, 0) is 6.42 Å². The largest absolute Gasteiger partial charge is 0.352 e. The van der Waals surface area contributed by atoms with Crippen LogP contribution >= 0.6 is 0 Å². The predicted molar refractivity (Wildman–Crippen MR) is 150 cm³/mol. The van der Waals surface area contributed by atoms with Gasteiger partial charge in [0.05, 0.1) is 5.52 Å². The summed E-state index contributed by atoms with van der Waals surface area (Å²) in [5.74, 6) is 0.0714. The smallest absolute Gasteiger partial charge is 0.251 e. The van der Waals surface area contributed by atoms with Gasteiger partial charge in [-0.15, -0.1) is 0 Å². The van der Waals surface area contributed by atoms with Crippen molar-refractivity contribution in [3.05, 3.63) is 100 Å². The molecule has 0 radical (unpaired) electrons. The van der Waals surface area contributed by atoms with Crippen molar-refractivity contribution in [1.29, 1.82) is 0 Å². The Morgan fingerprint density at radius 1 is 1.03 bits per heavy atom. The number of hydrogen-bond donors (Lipinski definition) is 1. The monoisotopic (exact) mass is 508 g/mol. The van der Waals surface area contributed by atoms with Crippen LogP contribution in [0.15, 0.2) is 66.9 Å². The molecule has 1 amide bonds. The Labute approximate surface area is 223 Å². The van der Waals surface area contributed by atoms with Gasteiger partial charge in [-0.05, 0) is 72.9 Å². The number of amides is 1. The Hall–Kier alpha value is -3.86. The number of fused-ring (bicyclic) bond motifs is 1. The lowest BCUT2D eigenvalue weighted by atomic mass is 9.91. The summed E-state index contributed by atoms with van der Waals surface area (Å²) in [5, 5.41) is 3.73. The van der Waals surface area contributed by atoms with Crippen LogP contribution in [0.2, 0.25) is 0 Å². The number of ketones is 1. The van der Waals surface area contributed by atoms with Gasteiger partial charge in [-0.2, -0.15) is 0 Å². The Morgan fingerprint density at radius 2 is 1.82 bits per heavy atom. The highest BCUT2D eigenvalue weighted by Crippen LogP contribution is 2.36. The average Bonchev–Trinajstić information content (AvgIpc) is 3.73. The van der Waals surface area contributed by atoms with Gasteiger partial charge in [0.15, 0.2) is 5.78 Å². The number of Topliss-reactive ketones (excluding diaryl/α,β-unsaturated/α-hetero) is 1. The summed E-state index contributed by atoms with van der Waals surface area (Å²) in [4.78, 5) is 30.4. The van der Waals surface area contributed by atoms with Gasteiger partial charge in [0.25, 0.3) is 5.91 Å². The molecule has 1 saturated carbocycles. The molecule has 0 aliphatic heterocycles. The number of aromatic nitrogens is 1. The molecular weight excluding hydrogens is 475 g/mol. The summed E-state index contributed by atoms with van der Waals surface area (Å²) in [6, 6.07) is 18.7. The number of hydrogen-bond acceptors (Lipinski definition) is 3. The predicted octanol–water partition coefficient (Wildman–Crippen LogP) is 7.45. The van der Waals surface area contributed by atoms with E-state index in [0.717, 1.165) is 47.8 Å². The Morgan fingerprint density at radius 3 is 2.53 bits per heavy atom. The molecule has 0 spiro atoms. The zero-order chi connectivity index (χ0) is 26.6. The molecule has 0 bridgehead atoms. The normalized spacial score (nSPS) is 13.0. The standard InChI is InChI=1S/C33H33FN2O2/c1-3-4-14-35-33(38)25-13-12-24(15-21(25)2)26-18-28-27(16-22-8-6-5-7-9-22)29(32(37)17-23-10-11-23)20-36-31(28)19-30(26)34/h5-9,12-13,15,18-20,23H,3-4,10-11,14,16-17H2,1-2H3,(H,35,38). The Bertz CT molecular complexity index is 1490. The zero-order valence-electron chi connectivity index (χ0n) is 22.0. The highest BCUT2D eigenvalue weighted by molar-refractivity contribution is 6.02. The van der Waals surface area contributed by atoms with Gasteiger partial charge in [0.2, 0.25) is 0 Å². The third kappa shape index (κ3) is 5.67. The number of rotatable bonds is 10. The lowest BCUT2D eigenvalue weighted by molar-refractivity contribution is 0.0950. The first-order chi connectivity index (χ1) is 18.4. The number of pyridine rings is 1. The van der Waals surface area contributed by atoms with E-state index in [2.05, 4.69) is 17.2 Å². The summed E-state index contributed by atoms with van der Waals surface area (Å²) in [6.45, 7) is 4.58. The second-order valence-corrected chi connectivity index (χ2v) is 10.4. The van der Waals surface area contributed by atoms with Crippen molar-refractivity contribution in [2.75, 3.05) is 6.54 Å². The molecule has 1 aliphatic rings. The van der Waals surface area contributed by atoms with Crippen LogP contribution < -0.4 is 5.32 Å². The van der Waals surface area contributed by atoms with Crippen LogP contribution in [-0.4, -0.2) is 23.2 Å². The SMILES string of the molecule is CCCCNC(=O)c1ccc(-c2cc3c(Cc4ccccc4)c(C(=O)CC4CC4)cnc3cc2F)cc1C. The van der Waals surface area contributed by atoms with E-state index >= 15 is 4.39 Å². The molecule has 4 aromatic rings. The van der Waals surface area contributed by atoms with Gasteiger partial charge in [-0.3, -0.25) is 14.6 Å². The molecule has 38 heavy (non-hydrogen) atoms. The topological polar surface area (TPSA) is 59.1 Å². The lowest BCUT2D eigenvalue weighted by Crippen LogP contribution is -2.25. The van der Waals surface area contributed by atoms with E-state index in [9.17, 15) is 9.59 Å². The van der Waals surface area contributed by atoms with Crippen molar-refractivity contribution in [2.24, 2.45) is 5.92 Å². The molecule has 1 heterocycles. The third-order valence-electron chi connectivity index (χ3n) is 7.36. The minimum atomic E-state index is -0.382. The number of carbonyl (C=O) groups excluding carboxylic acids is 2. The maximum absolute atomic E-state index is 15.4. The lowest BCUT2D eigenvalue weighted by Gasteiger charge is -2.15. The summed E-state index contributed by atoms with van der Waals surface area (Å²) < 4.78 is 15.4. The van der Waals surface area contributed by atoms with E-state index in [-0.39, 0.29) is 17.5 Å². The quantitative estimate of drug-likeness (QED) is 0.179. The molecule has 194 valence electrons. The second-order valence-electron chi connectivity index (χ2n) is 10.4. The summed E-state index contributed by atoms with van der Waals surface area (Å²) in [5.41, 5.74) is 5.62. The minimum Gasteiger partial charge on any atom is -0.352 e. The fourth-order valence-electron chi connectivity index (χ4n) is 4.97. The number of unbranched alkanes of at least 4 members (excludes halogenated alkanes) is 1. The van der Waals surface area contributed by atoms with E-state index in [1.807, 2.05) is 49.4 Å². The summed E-state index contributed by atoms with van der Waals surface area (Å²) in [6.07, 6.45) is 6.85. The van der Waals surface area contributed by atoms with Gasteiger partial charge in [0, 0.05) is 47.3 Å². The third-order valence-corrected chi connectivity index (χ3v) is 7.36. The van der Waals surface area contributed by atoms with Crippen molar-refractivity contribution in [2.45, 2.75) is 52.4 Å². The summed E-state index contributed by atoms with van der Waals surface area (Å²) in [7, 11) is 0. The molecule has 4 nitrogen and oxygen atoms in total. The van der Waals surface area contributed by atoms with Crippen molar-refractivity contribution < 1.29 is 14.0 Å². The van der Waals surface area contributed by atoms with Gasteiger partial charge in [0.1, 0.15) is 5.82 Å². The van der Waals surface area contributed by atoms with Crippen LogP contribution in [0, 0.1) is 18.7 Å². The highest BCUT2D eigenvalue weighted by atomic mass is 19.1. The van der Waals surface area contributed by atoms with E-state index < -0.39 is 0 Å². The zero-order valence-corrected chi connectivity index (χ0v) is 22.0. The van der Waals surface area contributed by atoms with Crippen LogP contribution in [0.1, 0.15) is 76.4 Å². The fourth-order valence-corrected chi connectivity index (χ4v) is 4.97. The highest BCUT2D eigenvalue weighted by Gasteiger charge is 2.27. The second kappa shape index (κ2) is 11.3. The average molecular weight is 509 g/mol. The van der Waals surface area contributed by atoms with Crippen LogP contribution in [0.5, 0.6) is 0 Å². The van der Waals surface area contributed by atoms with Gasteiger partial charge in [-0.25, -0.2) is 4.39 Å². The minimum absolute atomic E-state index is 0.105. The van der Waals surface area contributed by atoms with Gasteiger partial charge >= 0.3 is 0 Å². The first-order valence-corrected chi connectivity index (χ1v) is 13.5. The number of carbonyl (C=O) groups is 2. The molecule has 3 aromatic carbocycles. The van der Waals surface area contributed by atoms with Crippen molar-refractivity contribution in [3.8, 4) is 11.1 Å². The first kappa shape index (κ1) is 25.8. The van der Waals surface area contributed by atoms with Crippen molar-refractivity contribution >= 4 is 22.6 Å². The number of benzene rings is 3. The first-order valence-electron chi connectivity index (χ1n) is 13.5. The maximum atomic E-state index is 15.4. The molecule has 1 N–H and O–H groups in total. The fraction of sp³-hybridized carbons (Fsp3) is 0.303. The van der Waals surface area contributed by atoms with E-state index in [4.69, 9.17) is 0 Å². The molecular formula is C33H33FN2O2. The Kier molecular flexibility index (Phi) is 7.64. The van der Waals surface area contributed by atoms with Crippen LogP contribution in [0.4, 0.5) is 4.39 Å². The molecule has 5 rings (SSSR count). The van der Waals surface area contributed by atoms with E-state index in [0.29, 0.717) is 53.1 Å². The van der Waals surface area contributed by atoms with Crippen molar-refractivity contribution in [3.63, 3.8) is 0 Å². The van der Waals surface area contributed by atoms with Crippen LogP contribution in [0.25, 0.3) is 22.0 Å². The molecule has 5 heteroatoms. The molecule has 0 atom stereocenters. The summed E-state index contributed by atoms with van der Waals surface area (Å²) >= 11 is 0. The van der Waals surface area contributed by atoms with Crippen molar-refractivity contribution in [1.82, 2.24) is 10.3 Å². The molecule has 1 aromatic heterocycles. The van der Waals surface area contributed by atoms with Gasteiger partial charge < -0.3 is 5.32 Å². The number of nitrogens with one attached hydrogen (secondary N) is 1. The van der Waals surface area contributed by atoms with E-state index in [1.165, 1.54) is 6.07 Å². The van der Waals surface area contributed by atoms with Gasteiger partial charge in [-0.1, -0.05) is 55.8 Å². The van der Waals surface area contributed by atoms with Crippen LogP contribution in [0.3, 0.4) is 0 Å². The number of aryl methyl sites for hydroxylation is 1. The number of halogens is 1. The maximum Gasteiger partial charge on any atom is 0.251 e. The molecule has 0 saturated heterocycles. The molecule has 1 aliphatic carbocycles.